The number of amides is 1. The predicted molar refractivity (Wildman–Crippen MR) is 52.5 cm³/mol. The molecule has 0 spiro atoms. The maximum absolute atomic E-state index is 11.3. The van der Waals surface area contributed by atoms with Crippen LogP contribution in [0.15, 0.2) is 11.6 Å². The molecule has 1 fully saturated rings. The topological polar surface area (TPSA) is 55.1 Å². The number of nitrogens with two attached hydrogens (primary N) is 1. The minimum Gasteiger partial charge on any atom is -0.294 e. The standard InChI is InChI=1S/C10H18N2O/c1-6(2)5-7-8(9(13)12-11)10(7,3)4/h5,7-8H,11H2,1-4H3,(H,12,13)/t7-,8-/m0/s1. The molecule has 1 aliphatic rings. The van der Waals surface area contributed by atoms with E-state index in [2.05, 4.69) is 25.3 Å². The van der Waals surface area contributed by atoms with Crippen molar-refractivity contribution in [2.75, 3.05) is 0 Å². The zero-order chi connectivity index (χ0) is 10.2. The summed E-state index contributed by atoms with van der Waals surface area (Å²) in [5.41, 5.74) is 3.54. The highest BCUT2D eigenvalue weighted by molar-refractivity contribution is 5.83. The van der Waals surface area contributed by atoms with Crippen LogP contribution in [0, 0.1) is 17.3 Å². The maximum Gasteiger partial charge on any atom is 0.238 e. The summed E-state index contributed by atoms with van der Waals surface area (Å²) in [5, 5.41) is 0. The fourth-order valence-electron chi connectivity index (χ4n) is 1.94. The number of carbonyl (C=O) groups is 1. The zero-order valence-electron chi connectivity index (χ0n) is 8.72. The van der Waals surface area contributed by atoms with Crippen LogP contribution in [0.4, 0.5) is 0 Å². The Kier molecular flexibility index (Phi) is 2.48. The summed E-state index contributed by atoms with van der Waals surface area (Å²) in [7, 11) is 0. The fraction of sp³-hybridized carbons (Fsp3) is 0.700. The van der Waals surface area contributed by atoms with Crippen LogP contribution in [-0.4, -0.2) is 5.91 Å². The lowest BCUT2D eigenvalue weighted by Gasteiger charge is -1.99. The molecule has 1 amide bonds. The van der Waals surface area contributed by atoms with Gasteiger partial charge >= 0.3 is 0 Å². The van der Waals surface area contributed by atoms with Gasteiger partial charge in [0, 0.05) is 0 Å². The van der Waals surface area contributed by atoms with Crippen LogP contribution in [0.1, 0.15) is 27.7 Å². The summed E-state index contributed by atoms with van der Waals surface area (Å²) >= 11 is 0. The molecule has 1 saturated carbocycles. The van der Waals surface area contributed by atoms with Crippen molar-refractivity contribution in [1.82, 2.24) is 5.43 Å². The highest BCUT2D eigenvalue weighted by atomic mass is 16.2. The lowest BCUT2D eigenvalue weighted by Crippen LogP contribution is -2.32. The van der Waals surface area contributed by atoms with Crippen molar-refractivity contribution in [3.05, 3.63) is 11.6 Å². The molecule has 1 aliphatic carbocycles. The van der Waals surface area contributed by atoms with E-state index in [1.807, 2.05) is 13.8 Å². The molecule has 3 nitrogen and oxygen atoms in total. The van der Waals surface area contributed by atoms with E-state index in [-0.39, 0.29) is 17.2 Å². The molecular weight excluding hydrogens is 164 g/mol. The van der Waals surface area contributed by atoms with Crippen LogP contribution in [0.5, 0.6) is 0 Å². The maximum atomic E-state index is 11.3. The highest BCUT2D eigenvalue weighted by Crippen LogP contribution is 2.59. The largest absolute Gasteiger partial charge is 0.294 e. The van der Waals surface area contributed by atoms with Crippen LogP contribution in [0.25, 0.3) is 0 Å². The van der Waals surface area contributed by atoms with E-state index >= 15 is 0 Å². The van der Waals surface area contributed by atoms with Crippen molar-refractivity contribution in [3.8, 4) is 0 Å². The first-order valence-corrected chi connectivity index (χ1v) is 4.56. The molecule has 0 radical (unpaired) electrons. The Morgan fingerprint density at radius 2 is 2.00 bits per heavy atom. The molecule has 13 heavy (non-hydrogen) atoms. The quantitative estimate of drug-likeness (QED) is 0.292. The van der Waals surface area contributed by atoms with Gasteiger partial charge in [0.25, 0.3) is 0 Å². The Labute approximate surface area is 79.3 Å². The molecule has 0 saturated heterocycles. The van der Waals surface area contributed by atoms with Gasteiger partial charge in [-0.25, -0.2) is 5.84 Å². The molecule has 0 unspecified atom stereocenters. The first-order chi connectivity index (χ1) is 5.91. The average Bonchev–Trinajstić information content (AvgIpc) is 2.51. The highest BCUT2D eigenvalue weighted by Gasteiger charge is 2.60. The van der Waals surface area contributed by atoms with Crippen molar-refractivity contribution in [3.63, 3.8) is 0 Å². The number of nitrogens with one attached hydrogen (secondary N) is 1. The number of hydrazine groups is 1. The van der Waals surface area contributed by atoms with Gasteiger partial charge in [0.15, 0.2) is 0 Å². The van der Waals surface area contributed by atoms with E-state index in [9.17, 15) is 4.79 Å². The molecule has 0 aromatic heterocycles. The van der Waals surface area contributed by atoms with Crippen LogP contribution in [0.3, 0.4) is 0 Å². The Balaban J connectivity index is 2.72. The summed E-state index contributed by atoms with van der Waals surface area (Å²) in [6, 6.07) is 0. The first-order valence-electron chi connectivity index (χ1n) is 4.56. The van der Waals surface area contributed by atoms with Gasteiger partial charge in [-0.05, 0) is 25.2 Å². The lowest BCUT2D eigenvalue weighted by atomic mass is 10.1. The molecule has 3 N–H and O–H groups in total. The second-order valence-corrected chi connectivity index (χ2v) is 4.58. The van der Waals surface area contributed by atoms with Crippen LogP contribution >= 0.6 is 0 Å². The molecule has 2 atom stereocenters. The Hall–Kier alpha value is -0.830. The second-order valence-electron chi connectivity index (χ2n) is 4.58. The number of hydrogen-bond donors (Lipinski definition) is 2. The van der Waals surface area contributed by atoms with E-state index in [4.69, 9.17) is 5.84 Å². The number of carbonyl (C=O) groups excluding carboxylic acids is 1. The van der Waals surface area contributed by atoms with Crippen molar-refractivity contribution in [2.24, 2.45) is 23.1 Å². The van der Waals surface area contributed by atoms with E-state index < -0.39 is 0 Å². The molecule has 74 valence electrons. The Morgan fingerprint density at radius 1 is 1.46 bits per heavy atom. The van der Waals surface area contributed by atoms with Gasteiger partial charge in [0.2, 0.25) is 5.91 Å². The summed E-state index contributed by atoms with van der Waals surface area (Å²) < 4.78 is 0. The molecule has 1 rings (SSSR count). The summed E-state index contributed by atoms with van der Waals surface area (Å²) in [6.45, 7) is 8.28. The average molecular weight is 182 g/mol. The minimum atomic E-state index is -0.0486. The van der Waals surface area contributed by atoms with Gasteiger partial charge in [-0.3, -0.25) is 10.2 Å². The van der Waals surface area contributed by atoms with Gasteiger partial charge < -0.3 is 0 Å². The van der Waals surface area contributed by atoms with Gasteiger partial charge in [-0.2, -0.15) is 0 Å². The van der Waals surface area contributed by atoms with Gasteiger partial charge in [0.05, 0.1) is 5.92 Å². The predicted octanol–water partition coefficient (Wildman–Crippen LogP) is 1.21. The smallest absolute Gasteiger partial charge is 0.238 e. The normalized spacial score (nSPS) is 29.3. The minimum absolute atomic E-state index is 0.0485. The van der Waals surface area contributed by atoms with Gasteiger partial charge in [0.1, 0.15) is 0 Å². The lowest BCUT2D eigenvalue weighted by molar-refractivity contribution is -0.123. The molecule has 0 heterocycles. The van der Waals surface area contributed by atoms with Crippen molar-refractivity contribution < 1.29 is 4.79 Å². The Bertz CT molecular complexity index is 252. The summed E-state index contributed by atoms with van der Waals surface area (Å²) in [5.74, 6) is 5.45. The van der Waals surface area contributed by atoms with Gasteiger partial charge in [-0.1, -0.05) is 25.5 Å². The SMILES string of the molecule is CC(C)=C[C@H]1[C@@H](C(=O)NN)C1(C)C. The van der Waals surface area contributed by atoms with E-state index in [1.54, 1.807) is 0 Å². The van der Waals surface area contributed by atoms with Crippen molar-refractivity contribution >= 4 is 5.91 Å². The van der Waals surface area contributed by atoms with Crippen molar-refractivity contribution in [2.45, 2.75) is 27.7 Å². The number of rotatable bonds is 2. The molecule has 0 aromatic rings. The number of allylic oxidation sites excluding steroid dienone is 2. The van der Waals surface area contributed by atoms with E-state index in [0.717, 1.165) is 0 Å². The van der Waals surface area contributed by atoms with Crippen LogP contribution < -0.4 is 11.3 Å². The van der Waals surface area contributed by atoms with E-state index in [0.29, 0.717) is 5.92 Å². The molecule has 3 heteroatoms. The molecule has 0 bridgehead atoms. The monoisotopic (exact) mass is 182 g/mol. The third-order valence-electron chi connectivity index (χ3n) is 2.85. The fourth-order valence-corrected chi connectivity index (χ4v) is 1.94. The molecule has 0 aliphatic heterocycles. The summed E-state index contributed by atoms with van der Waals surface area (Å²) in [6.07, 6.45) is 2.15. The molecule has 0 aromatic carbocycles. The third-order valence-corrected chi connectivity index (χ3v) is 2.85. The Morgan fingerprint density at radius 3 is 2.38 bits per heavy atom. The van der Waals surface area contributed by atoms with E-state index in [1.165, 1.54) is 5.57 Å². The molecular formula is C10H18N2O. The number of hydrogen-bond acceptors (Lipinski definition) is 2. The van der Waals surface area contributed by atoms with Gasteiger partial charge in [-0.15, -0.1) is 0 Å². The second kappa shape index (κ2) is 3.14. The van der Waals surface area contributed by atoms with Crippen LogP contribution in [0.2, 0.25) is 0 Å². The summed E-state index contributed by atoms with van der Waals surface area (Å²) in [4.78, 5) is 11.3. The van der Waals surface area contributed by atoms with Crippen molar-refractivity contribution in [1.29, 1.82) is 0 Å². The van der Waals surface area contributed by atoms with Crippen LogP contribution in [-0.2, 0) is 4.79 Å². The third kappa shape index (κ3) is 1.75. The zero-order valence-corrected chi connectivity index (χ0v) is 8.72. The first kappa shape index (κ1) is 10.3.